The molecule has 3 rings (SSSR count). The second-order valence-electron chi connectivity index (χ2n) is 8.51. The Morgan fingerprint density at radius 2 is 1.79 bits per heavy atom. The van der Waals surface area contributed by atoms with Crippen molar-refractivity contribution < 1.29 is 9.53 Å². The Balaban J connectivity index is 1.61. The van der Waals surface area contributed by atoms with Crippen molar-refractivity contribution in [3.8, 4) is 0 Å². The first kappa shape index (κ1) is 21.2. The van der Waals surface area contributed by atoms with Crippen LogP contribution in [-0.4, -0.2) is 47.1 Å². The number of ether oxygens (including phenoxy) is 1. The topological polar surface area (TPSA) is 87.3 Å². The van der Waals surface area contributed by atoms with Gasteiger partial charge in [-0.3, -0.25) is 14.5 Å². The average Bonchev–Trinajstić information content (AvgIpc) is 2.67. The van der Waals surface area contributed by atoms with Crippen LogP contribution in [0.2, 0.25) is 0 Å². The van der Waals surface area contributed by atoms with Crippen LogP contribution in [0.4, 0.5) is 0 Å². The maximum atomic E-state index is 12.6. The molecule has 0 aliphatic carbocycles. The number of carbonyl (C=O) groups excluding carboxylic acids is 1. The van der Waals surface area contributed by atoms with Gasteiger partial charge >= 0.3 is 0 Å². The molecule has 156 valence electrons. The molecule has 0 radical (unpaired) electrons. The lowest BCUT2D eigenvalue weighted by Gasteiger charge is -2.26. The third-order valence-electron chi connectivity index (χ3n) is 5.02. The van der Waals surface area contributed by atoms with Crippen LogP contribution >= 0.6 is 0 Å². The van der Waals surface area contributed by atoms with Gasteiger partial charge in [-0.15, -0.1) is 0 Å². The Morgan fingerprint density at radius 3 is 2.38 bits per heavy atom. The van der Waals surface area contributed by atoms with Crippen molar-refractivity contribution in [1.29, 1.82) is 0 Å². The van der Waals surface area contributed by atoms with E-state index in [-0.39, 0.29) is 11.0 Å². The number of nitrogens with zero attached hydrogens (tertiary/aromatic N) is 2. The van der Waals surface area contributed by atoms with Gasteiger partial charge in [0, 0.05) is 31.6 Å². The monoisotopic (exact) mass is 398 g/mol. The van der Waals surface area contributed by atoms with E-state index in [1.165, 1.54) is 5.56 Å². The number of H-pyrrole nitrogens is 1. The Labute approximate surface area is 171 Å². The van der Waals surface area contributed by atoms with E-state index < -0.39 is 11.5 Å². The summed E-state index contributed by atoms with van der Waals surface area (Å²) >= 11 is 0. The van der Waals surface area contributed by atoms with Crippen LogP contribution in [0.15, 0.2) is 29.1 Å². The summed E-state index contributed by atoms with van der Waals surface area (Å²) in [4.78, 5) is 34.5. The third-order valence-corrected chi connectivity index (χ3v) is 5.02. The van der Waals surface area contributed by atoms with Crippen LogP contribution in [0.5, 0.6) is 0 Å². The summed E-state index contributed by atoms with van der Waals surface area (Å²) in [5.41, 5.74) is 2.04. The molecule has 1 aromatic carbocycles. The zero-order chi connectivity index (χ0) is 21.0. The lowest BCUT2D eigenvalue weighted by Crippen LogP contribution is -2.35. The molecule has 1 aliphatic heterocycles. The number of amides is 1. The van der Waals surface area contributed by atoms with Crippen molar-refractivity contribution in [2.24, 2.45) is 0 Å². The second kappa shape index (κ2) is 8.88. The van der Waals surface area contributed by atoms with Crippen molar-refractivity contribution in [3.05, 3.63) is 62.8 Å². The fourth-order valence-corrected chi connectivity index (χ4v) is 3.26. The molecule has 29 heavy (non-hydrogen) atoms. The SMILES string of the molecule is Cc1nc(C(C)(C)C)[nH]c(=O)c1C(=O)NCc1ccc(CN2CCOCC2)cc1. The predicted octanol–water partition coefficient (Wildman–Crippen LogP) is 2.14. The number of aryl methyl sites for hydroxylation is 1. The zero-order valence-corrected chi connectivity index (χ0v) is 17.7. The van der Waals surface area contributed by atoms with Crippen molar-refractivity contribution in [1.82, 2.24) is 20.2 Å². The van der Waals surface area contributed by atoms with Gasteiger partial charge in [0.05, 0.1) is 18.9 Å². The largest absolute Gasteiger partial charge is 0.379 e. The van der Waals surface area contributed by atoms with Gasteiger partial charge in [0.1, 0.15) is 11.4 Å². The molecular weight excluding hydrogens is 368 g/mol. The predicted molar refractivity (Wildman–Crippen MR) is 112 cm³/mol. The number of carbonyl (C=O) groups is 1. The lowest BCUT2D eigenvalue weighted by atomic mass is 9.95. The second-order valence-corrected chi connectivity index (χ2v) is 8.51. The molecule has 0 bridgehead atoms. The first-order valence-electron chi connectivity index (χ1n) is 10.0. The van der Waals surface area contributed by atoms with E-state index in [1.54, 1.807) is 6.92 Å². The third kappa shape index (κ3) is 5.52. The number of rotatable bonds is 5. The van der Waals surface area contributed by atoms with Crippen molar-refractivity contribution >= 4 is 5.91 Å². The maximum Gasteiger partial charge on any atom is 0.264 e. The smallest absolute Gasteiger partial charge is 0.264 e. The molecule has 1 aromatic heterocycles. The molecule has 1 aliphatic rings. The minimum Gasteiger partial charge on any atom is -0.379 e. The van der Waals surface area contributed by atoms with Crippen molar-refractivity contribution in [2.75, 3.05) is 26.3 Å². The van der Waals surface area contributed by atoms with Crippen LogP contribution in [0.1, 0.15) is 53.8 Å². The van der Waals surface area contributed by atoms with E-state index >= 15 is 0 Å². The molecule has 2 aromatic rings. The lowest BCUT2D eigenvalue weighted by molar-refractivity contribution is 0.0342. The number of hydrogen-bond acceptors (Lipinski definition) is 5. The first-order valence-corrected chi connectivity index (χ1v) is 10.0. The fraction of sp³-hybridized carbons (Fsp3) is 0.500. The molecule has 2 N–H and O–H groups in total. The molecule has 1 amide bonds. The van der Waals surface area contributed by atoms with Crippen LogP contribution < -0.4 is 10.9 Å². The summed E-state index contributed by atoms with van der Waals surface area (Å²) in [6, 6.07) is 8.17. The van der Waals surface area contributed by atoms with Gasteiger partial charge < -0.3 is 15.0 Å². The Hall–Kier alpha value is -2.51. The van der Waals surface area contributed by atoms with E-state index in [1.807, 2.05) is 32.9 Å². The summed E-state index contributed by atoms with van der Waals surface area (Å²) in [7, 11) is 0. The van der Waals surface area contributed by atoms with E-state index in [0.29, 0.717) is 18.1 Å². The van der Waals surface area contributed by atoms with Gasteiger partial charge in [0.25, 0.3) is 11.5 Å². The molecule has 0 unspecified atom stereocenters. The minimum absolute atomic E-state index is 0.0712. The highest BCUT2D eigenvalue weighted by atomic mass is 16.5. The fourth-order valence-electron chi connectivity index (χ4n) is 3.26. The van der Waals surface area contributed by atoms with Gasteiger partial charge in [-0.1, -0.05) is 45.0 Å². The quantitative estimate of drug-likeness (QED) is 0.806. The van der Waals surface area contributed by atoms with Crippen molar-refractivity contribution in [2.45, 2.75) is 46.2 Å². The maximum absolute atomic E-state index is 12.6. The number of benzene rings is 1. The summed E-state index contributed by atoms with van der Waals surface area (Å²) in [6.07, 6.45) is 0. The van der Waals surface area contributed by atoms with Gasteiger partial charge in [-0.25, -0.2) is 4.98 Å². The van der Waals surface area contributed by atoms with Crippen LogP contribution in [0.3, 0.4) is 0 Å². The standard InChI is InChI=1S/C22H30N4O3/c1-15-18(20(28)25-21(24-15)22(2,3)4)19(27)23-13-16-5-7-17(8-6-16)14-26-9-11-29-12-10-26/h5-8H,9-14H2,1-4H3,(H,23,27)(H,24,25,28). The summed E-state index contributed by atoms with van der Waals surface area (Å²) in [6.45, 7) is 12.3. The van der Waals surface area contributed by atoms with Crippen LogP contribution in [0.25, 0.3) is 0 Å². The highest BCUT2D eigenvalue weighted by molar-refractivity contribution is 5.94. The molecule has 0 saturated carbocycles. The number of hydrogen-bond donors (Lipinski definition) is 2. The number of aromatic amines is 1. The Bertz CT molecular complexity index is 907. The normalized spacial score (nSPS) is 15.3. The molecule has 0 atom stereocenters. The molecule has 7 heteroatoms. The summed E-state index contributed by atoms with van der Waals surface area (Å²) in [5, 5.41) is 2.83. The van der Waals surface area contributed by atoms with Gasteiger partial charge in [-0.05, 0) is 18.1 Å². The Morgan fingerprint density at radius 1 is 1.17 bits per heavy atom. The first-order chi connectivity index (χ1) is 13.7. The minimum atomic E-state index is -0.408. The molecule has 1 fully saturated rings. The molecule has 7 nitrogen and oxygen atoms in total. The van der Waals surface area contributed by atoms with E-state index in [4.69, 9.17) is 4.74 Å². The van der Waals surface area contributed by atoms with E-state index in [0.717, 1.165) is 38.4 Å². The summed E-state index contributed by atoms with van der Waals surface area (Å²) < 4.78 is 5.38. The van der Waals surface area contributed by atoms with Gasteiger partial charge in [0.15, 0.2) is 0 Å². The molecular formula is C22H30N4O3. The number of nitrogens with one attached hydrogen (secondary N) is 2. The number of aromatic nitrogens is 2. The van der Waals surface area contributed by atoms with E-state index in [9.17, 15) is 9.59 Å². The summed E-state index contributed by atoms with van der Waals surface area (Å²) in [5.74, 6) is 0.168. The molecule has 0 spiro atoms. The highest BCUT2D eigenvalue weighted by Gasteiger charge is 2.22. The van der Waals surface area contributed by atoms with E-state index in [2.05, 4.69) is 32.3 Å². The average molecular weight is 399 g/mol. The molecule has 2 heterocycles. The van der Waals surface area contributed by atoms with Gasteiger partial charge in [-0.2, -0.15) is 0 Å². The zero-order valence-electron chi connectivity index (χ0n) is 17.7. The number of morpholine rings is 1. The Kier molecular flexibility index (Phi) is 6.49. The highest BCUT2D eigenvalue weighted by Crippen LogP contribution is 2.17. The van der Waals surface area contributed by atoms with Crippen LogP contribution in [-0.2, 0) is 23.2 Å². The van der Waals surface area contributed by atoms with Gasteiger partial charge in [0.2, 0.25) is 0 Å². The van der Waals surface area contributed by atoms with Crippen molar-refractivity contribution in [3.63, 3.8) is 0 Å². The van der Waals surface area contributed by atoms with Crippen LogP contribution in [0, 0.1) is 6.92 Å². The molecule has 1 saturated heterocycles.